The first kappa shape index (κ1) is 23.6. The number of hydrogen-bond donors (Lipinski definition) is 0. The molecule has 1 fully saturated rings. The molecule has 37 heavy (non-hydrogen) atoms. The smallest absolute Gasteiger partial charge is 0.420 e. The second-order valence-corrected chi connectivity index (χ2v) is 9.48. The number of alkyl halides is 3. The number of hydrogen-bond acceptors (Lipinski definition) is 9. The van der Waals surface area contributed by atoms with E-state index in [1.807, 2.05) is 22.5 Å². The van der Waals surface area contributed by atoms with Gasteiger partial charge in [-0.2, -0.15) is 18.2 Å². The van der Waals surface area contributed by atoms with Gasteiger partial charge in [0.25, 0.3) is 0 Å². The Morgan fingerprint density at radius 1 is 1.05 bits per heavy atom. The molecule has 4 heterocycles. The van der Waals surface area contributed by atoms with E-state index in [1.54, 1.807) is 23.5 Å². The third-order valence-electron chi connectivity index (χ3n) is 6.28. The first-order valence-corrected chi connectivity index (χ1v) is 12.5. The molecule has 2 aromatic heterocycles. The SMILES string of the molecule is O=C(Oc1cccc(-c2nc(N3CCOCC3)nc3c2CCN3c2ccc3ncsc3c2)c1)C(F)(F)F. The molecule has 0 atom stereocenters. The van der Waals surface area contributed by atoms with E-state index in [4.69, 9.17) is 14.7 Å². The lowest BCUT2D eigenvalue weighted by atomic mass is 10.1. The summed E-state index contributed by atoms with van der Waals surface area (Å²) in [4.78, 5) is 29.7. The van der Waals surface area contributed by atoms with Crippen molar-refractivity contribution in [3.8, 4) is 17.0 Å². The number of fused-ring (bicyclic) bond motifs is 2. The molecule has 0 N–H and O–H groups in total. The lowest BCUT2D eigenvalue weighted by Gasteiger charge is -2.28. The van der Waals surface area contributed by atoms with Crippen LogP contribution in [0.1, 0.15) is 5.56 Å². The molecule has 8 nitrogen and oxygen atoms in total. The van der Waals surface area contributed by atoms with Crippen molar-refractivity contribution in [1.82, 2.24) is 15.0 Å². The van der Waals surface area contributed by atoms with Gasteiger partial charge in [0.05, 0.1) is 34.6 Å². The van der Waals surface area contributed by atoms with E-state index >= 15 is 0 Å². The van der Waals surface area contributed by atoms with E-state index in [-0.39, 0.29) is 5.75 Å². The average molecular weight is 528 g/mol. The van der Waals surface area contributed by atoms with Gasteiger partial charge in [-0.25, -0.2) is 14.8 Å². The van der Waals surface area contributed by atoms with Crippen LogP contribution in [0.15, 0.2) is 48.0 Å². The molecule has 0 bridgehead atoms. The molecule has 12 heteroatoms. The monoisotopic (exact) mass is 527 g/mol. The first-order valence-electron chi connectivity index (χ1n) is 11.6. The van der Waals surface area contributed by atoms with E-state index in [0.717, 1.165) is 27.3 Å². The Bertz CT molecular complexity index is 1490. The fourth-order valence-electron chi connectivity index (χ4n) is 4.52. The van der Waals surface area contributed by atoms with E-state index in [0.29, 0.717) is 56.5 Å². The van der Waals surface area contributed by atoms with Crippen molar-refractivity contribution in [2.24, 2.45) is 0 Å². The second kappa shape index (κ2) is 9.27. The summed E-state index contributed by atoms with van der Waals surface area (Å²) in [5, 5.41) is 0. The Labute approximate surface area is 213 Å². The maximum Gasteiger partial charge on any atom is 0.491 e. The van der Waals surface area contributed by atoms with Gasteiger partial charge in [-0.3, -0.25) is 0 Å². The lowest BCUT2D eigenvalue weighted by molar-refractivity contribution is -0.189. The van der Waals surface area contributed by atoms with Crippen LogP contribution in [0.4, 0.5) is 30.6 Å². The largest absolute Gasteiger partial charge is 0.491 e. The van der Waals surface area contributed by atoms with Crippen LogP contribution < -0.4 is 14.5 Å². The average Bonchev–Trinajstić information content (AvgIpc) is 3.55. The molecule has 190 valence electrons. The third kappa shape index (κ3) is 4.58. The van der Waals surface area contributed by atoms with Crippen LogP contribution in [0, 0.1) is 0 Å². The number of carbonyl (C=O) groups excluding carboxylic acids is 1. The maximum absolute atomic E-state index is 12.8. The van der Waals surface area contributed by atoms with E-state index in [1.165, 1.54) is 12.1 Å². The minimum atomic E-state index is -5.09. The Morgan fingerprint density at radius 2 is 1.89 bits per heavy atom. The normalized spacial score (nSPS) is 15.8. The quantitative estimate of drug-likeness (QED) is 0.278. The Balaban J connectivity index is 1.44. The molecule has 0 aliphatic carbocycles. The second-order valence-electron chi connectivity index (χ2n) is 8.59. The summed E-state index contributed by atoms with van der Waals surface area (Å²) in [5.74, 6) is -1.21. The number of rotatable bonds is 4. The number of ether oxygens (including phenoxy) is 2. The summed E-state index contributed by atoms with van der Waals surface area (Å²) >= 11 is 1.56. The molecule has 2 aliphatic rings. The van der Waals surface area contributed by atoms with E-state index in [2.05, 4.69) is 20.7 Å². The molecular weight excluding hydrogens is 507 g/mol. The van der Waals surface area contributed by atoms with Crippen molar-refractivity contribution in [2.45, 2.75) is 12.6 Å². The summed E-state index contributed by atoms with van der Waals surface area (Å²) < 4.78 is 49.4. The van der Waals surface area contributed by atoms with E-state index < -0.39 is 12.1 Å². The van der Waals surface area contributed by atoms with Gasteiger partial charge in [0, 0.05) is 36.4 Å². The standard InChI is InChI=1S/C25H20F3N5O3S/c26-25(27,28)23(34)36-17-3-1-2-15(12-17)21-18-6-7-33(16-4-5-19-20(13-16)37-14-29-19)22(18)31-24(30-21)32-8-10-35-11-9-32/h1-5,12-14H,6-11H2. The predicted molar refractivity (Wildman–Crippen MR) is 133 cm³/mol. The number of esters is 1. The van der Waals surface area contributed by atoms with Crippen molar-refractivity contribution in [3.63, 3.8) is 0 Å². The number of thiazole rings is 1. The summed E-state index contributed by atoms with van der Waals surface area (Å²) in [6.07, 6.45) is -4.45. The van der Waals surface area contributed by atoms with Crippen LogP contribution >= 0.6 is 11.3 Å². The predicted octanol–water partition coefficient (Wildman–Crippen LogP) is 4.75. The Morgan fingerprint density at radius 3 is 2.70 bits per heavy atom. The highest BCUT2D eigenvalue weighted by Crippen LogP contribution is 2.41. The third-order valence-corrected chi connectivity index (χ3v) is 7.08. The van der Waals surface area contributed by atoms with Crippen molar-refractivity contribution >= 4 is 45.0 Å². The molecule has 4 aromatic rings. The first-order chi connectivity index (χ1) is 17.9. The molecule has 0 amide bonds. The van der Waals surface area contributed by atoms with Crippen molar-refractivity contribution in [3.05, 3.63) is 53.5 Å². The maximum atomic E-state index is 12.8. The van der Waals surface area contributed by atoms with Crippen LogP contribution in [0.2, 0.25) is 0 Å². The molecule has 2 aromatic carbocycles. The molecule has 1 saturated heterocycles. The molecular formula is C25H20F3N5O3S. The molecule has 0 radical (unpaired) electrons. The van der Waals surface area contributed by atoms with Crippen LogP contribution in [-0.4, -0.2) is 59.9 Å². The zero-order valence-electron chi connectivity index (χ0n) is 19.4. The van der Waals surface area contributed by atoms with Crippen LogP contribution in [0.25, 0.3) is 21.5 Å². The van der Waals surface area contributed by atoms with Gasteiger partial charge < -0.3 is 19.3 Å². The topological polar surface area (TPSA) is 80.7 Å². The Hall–Kier alpha value is -3.77. The Kier molecular flexibility index (Phi) is 5.92. The number of morpholine rings is 1. The highest BCUT2D eigenvalue weighted by Gasteiger charge is 2.41. The zero-order valence-corrected chi connectivity index (χ0v) is 20.2. The van der Waals surface area contributed by atoms with Crippen LogP contribution in [-0.2, 0) is 16.0 Å². The molecule has 0 spiro atoms. The highest BCUT2D eigenvalue weighted by molar-refractivity contribution is 7.16. The number of aromatic nitrogens is 3. The van der Waals surface area contributed by atoms with Gasteiger partial charge in [-0.05, 0) is 36.8 Å². The molecule has 0 unspecified atom stereocenters. The fraction of sp³-hybridized carbons (Fsp3) is 0.280. The van der Waals surface area contributed by atoms with Gasteiger partial charge in [-0.15, -0.1) is 11.3 Å². The van der Waals surface area contributed by atoms with Gasteiger partial charge in [0.15, 0.2) is 0 Å². The van der Waals surface area contributed by atoms with Gasteiger partial charge in [-0.1, -0.05) is 12.1 Å². The van der Waals surface area contributed by atoms with Crippen molar-refractivity contribution in [2.75, 3.05) is 42.6 Å². The number of halogens is 3. The minimum absolute atomic E-state index is 0.203. The van der Waals surface area contributed by atoms with Gasteiger partial charge in [0.1, 0.15) is 11.6 Å². The molecule has 6 rings (SSSR count). The minimum Gasteiger partial charge on any atom is -0.420 e. The summed E-state index contributed by atoms with van der Waals surface area (Å²) in [6.45, 7) is 2.99. The van der Waals surface area contributed by atoms with Gasteiger partial charge >= 0.3 is 12.1 Å². The summed E-state index contributed by atoms with van der Waals surface area (Å²) in [5.41, 5.74) is 5.72. The van der Waals surface area contributed by atoms with Crippen LogP contribution in [0.5, 0.6) is 5.75 Å². The molecule has 2 aliphatic heterocycles. The molecule has 0 saturated carbocycles. The fourth-order valence-corrected chi connectivity index (χ4v) is 5.23. The lowest BCUT2D eigenvalue weighted by Crippen LogP contribution is -2.37. The van der Waals surface area contributed by atoms with Crippen LogP contribution in [0.3, 0.4) is 0 Å². The van der Waals surface area contributed by atoms with E-state index in [9.17, 15) is 18.0 Å². The van der Waals surface area contributed by atoms with Crippen molar-refractivity contribution in [1.29, 1.82) is 0 Å². The zero-order chi connectivity index (χ0) is 25.6. The number of carbonyl (C=O) groups is 1. The summed E-state index contributed by atoms with van der Waals surface area (Å²) in [6, 6.07) is 12.1. The highest BCUT2D eigenvalue weighted by atomic mass is 32.1. The van der Waals surface area contributed by atoms with Gasteiger partial charge in [0.2, 0.25) is 5.95 Å². The summed E-state index contributed by atoms with van der Waals surface area (Å²) in [7, 11) is 0. The number of nitrogens with zero attached hydrogens (tertiary/aromatic N) is 5. The number of benzene rings is 2. The van der Waals surface area contributed by atoms with Crippen molar-refractivity contribution < 1.29 is 27.4 Å². The number of anilines is 3.